The van der Waals surface area contributed by atoms with E-state index in [1.54, 1.807) is 11.1 Å². The van der Waals surface area contributed by atoms with Crippen LogP contribution in [0.1, 0.15) is 28.7 Å². The third-order valence-corrected chi connectivity index (χ3v) is 6.17. The van der Waals surface area contributed by atoms with Gasteiger partial charge in [-0.15, -0.1) is 10.2 Å². The number of benzene rings is 2. The minimum atomic E-state index is -0.145. The highest BCUT2D eigenvalue weighted by Gasteiger charge is 2.28. The maximum atomic E-state index is 13.5. The van der Waals surface area contributed by atoms with E-state index in [1.165, 1.54) is 5.56 Å². The molecule has 3 heterocycles. The van der Waals surface area contributed by atoms with Crippen LogP contribution in [0.5, 0.6) is 0 Å². The summed E-state index contributed by atoms with van der Waals surface area (Å²) in [5, 5.41) is 11.6. The second kappa shape index (κ2) is 10.8. The summed E-state index contributed by atoms with van der Waals surface area (Å²) in [5.41, 5.74) is 3.19. The van der Waals surface area contributed by atoms with Gasteiger partial charge in [-0.3, -0.25) is 9.69 Å². The highest BCUT2D eigenvalue weighted by molar-refractivity contribution is 6.09. The molecule has 2 aromatic carbocycles. The van der Waals surface area contributed by atoms with Crippen molar-refractivity contribution in [3.05, 3.63) is 77.8 Å². The number of nitrogens with zero attached hydrogens (tertiary/aromatic N) is 7. The van der Waals surface area contributed by atoms with E-state index in [2.05, 4.69) is 42.5 Å². The number of rotatable bonds is 8. The highest BCUT2D eigenvalue weighted by atomic mass is 16.4. The molecule has 10 heteroatoms. The Bertz CT molecular complexity index is 1370. The molecule has 0 saturated heterocycles. The van der Waals surface area contributed by atoms with Gasteiger partial charge in [-0.2, -0.15) is 4.98 Å². The van der Waals surface area contributed by atoms with E-state index < -0.39 is 0 Å². The molecule has 0 bridgehead atoms. The predicted molar refractivity (Wildman–Crippen MR) is 142 cm³/mol. The van der Waals surface area contributed by atoms with Gasteiger partial charge in [0.15, 0.2) is 0 Å². The minimum absolute atomic E-state index is 0.145. The number of aromatic nitrogens is 4. The number of nitrogens with one attached hydrogen (secondary N) is 1. The summed E-state index contributed by atoms with van der Waals surface area (Å²) in [6.07, 6.45) is 1.59. The van der Waals surface area contributed by atoms with Crippen molar-refractivity contribution < 1.29 is 9.21 Å². The van der Waals surface area contributed by atoms with Crippen LogP contribution >= 0.6 is 0 Å². The van der Waals surface area contributed by atoms with Gasteiger partial charge in [-0.05, 0) is 37.7 Å². The lowest BCUT2D eigenvalue weighted by Crippen LogP contribution is -2.33. The molecule has 0 atom stereocenters. The van der Waals surface area contributed by atoms with Crippen molar-refractivity contribution in [2.75, 3.05) is 48.8 Å². The van der Waals surface area contributed by atoms with Gasteiger partial charge in [0.05, 0.1) is 6.54 Å². The molecule has 1 N–H and O–H groups in total. The van der Waals surface area contributed by atoms with Crippen molar-refractivity contribution in [3.63, 3.8) is 0 Å². The first-order chi connectivity index (χ1) is 18.0. The number of hydrogen-bond acceptors (Lipinski definition) is 9. The van der Waals surface area contributed by atoms with Crippen molar-refractivity contribution in [1.82, 2.24) is 25.1 Å². The molecule has 1 aliphatic rings. The maximum absolute atomic E-state index is 13.5. The molecule has 0 fully saturated rings. The quantitative estimate of drug-likeness (QED) is 0.389. The first kappa shape index (κ1) is 24.4. The molecule has 4 aromatic rings. The summed E-state index contributed by atoms with van der Waals surface area (Å²) in [7, 11) is 3.95. The van der Waals surface area contributed by atoms with Gasteiger partial charge in [-0.1, -0.05) is 36.4 Å². The third kappa shape index (κ3) is 5.44. The van der Waals surface area contributed by atoms with Crippen LogP contribution in [0.2, 0.25) is 0 Å². The summed E-state index contributed by atoms with van der Waals surface area (Å²) in [6, 6.07) is 17.9. The molecule has 5 rings (SSSR count). The minimum Gasteiger partial charge on any atom is -0.419 e. The molecule has 0 spiro atoms. The van der Waals surface area contributed by atoms with Crippen LogP contribution in [0, 0.1) is 0 Å². The number of fused-ring (bicyclic) bond motifs is 1. The van der Waals surface area contributed by atoms with Crippen LogP contribution in [-0.4, -0.2) is 64.7 Å². The molecular weight excluding hydrogens is 468 g/mol. The number of hydrogen-bond donors (Lipinski definition) is 1. The molecule has 0 unspecified atom stereocenters. The lowest BCUT2D eigenvalue weighted by atomic mass is 10.1. The Morgan fingerprint density at radius 1 is 1.05 bits per heavy atom. The van der Waals surface area contributed by atoms with Crippen molar-refractivity contribution in [1.29, 1.82) is 0 Å². The van der Waals surface area contributed by atoms with E-state index in [4.69, 9.17) is 4.42 Å². The summed E-state index contributed by atoms with van der Waals surface area (Å²) < 4.78 is 5.98. The van der Waals surface area contributed by atoms with E-state index in [0.717, 1.165) is 17.8 Å². The van der Waals surface area contributed by atoms with Gasteiger partial charge in [0.2, 0.25) is 17.7 Å². The topological polar surface area (TPSA) is 104 Å². The number of likely N-dealkylation sites (N-methyl/N-ethyl adjacent to an activating group) is 1. The fourth-order valence-corrected chi connectivity index (χ4v) is 4.33. The summed E-state index contributed by atoms with van der Waals surface area (Å²) in [6.45, 7) is 5.13. The molecule has 190 valence electrons. The van der Waals surface area contributed by atoms with Crippen molar-refractivity contribution in [3.8, 4) is 11.5 Å². The molecule has 37 heavy (non-hydrogen) atoms. The summed E-state index contributed by atoms with van der Waals surface area (Å²) in [5.74, 6) is 1.94. The van der Waals surface area contributed by atoms with E-state index in [9.17, 15) is 4.79 Å². The highest BCUT2D eigenvalue weighted by Crippen LogP contribution is 2.29. The van der Waals surface area contributed by atoms with Crippen molar-refractivity contribution in [2.24, 2.45) is 0 Å². The van der Waals surface area contributed by atoms with Crippen LogP contribution in [0.4, 0.5) is 17.5 Å². The van der Waals surface area contributed by atoms with E-state index in [0.29, 0.717) is 55.3 Å². The van der Waals surface area contributed by atoms with Crippen LogP contribution < -0.4 is 15.1 Å². The van der Waals surface area contributed by atoms with E-state index in [1.807, 2.05) is 68.4 Å². The normalized spacial score (nSPS) is 13.6. The SMILES string of the molecule is CCNc1ncc2c(n1)N(C)CCN(c1cccc(-c3nnc(CN(C)Cc4ccccc4)o3)c1)C2=O. The predicted octanol–water partition coefficient (Wildman–Crippen LogP) is 3.69. The number of amides is 1. The zero-order valence-electron chi connectivity index (χ0n) is 21.3. The largest absolute Gasteiger partial charge is 0.419 e. The van der Waals surface area contributed by atoms with E-state index >= 15 is 0 Å². The van der Waals surface area contributed by atoms with Crippen LogP contribution in [0.3, 0.4) is 0 Å². The summed E-state index contributed by atoms with van der Waals surface area (Å²) >= 11 is 0. The first-order valence-corrected chi connectivity index (χ1v) is 12.3. The number of carbonyl (C=O) groups is 1. The monoisotopic (exact) mass is 498 g/mol. The Morgan fingerprint density at radius 2 is 1.89 bits per heavy atom. The first-order valence-electron chi connectivity index (χ1n) is 12.3. The van der Waals surface area contributed by atoms with Gasteiger partial charge in [0, 0.05) is 50.7 Å². The molecule has 0 aliphatic carbocycles. The zero-order valence-corrected chi connectivity index (χ0v) is 21.3. The van der Waals surface area contributed by atoms with Gasteiger partial charge < -0.3 is 19.5 Å². The van der Waals surface area contributed by atoms with Crippen LogP contribution in [-0.2, 0) is 13.1 Å². The van der Waals surface area contributed by atoms with Crippen LogP contribution in [0.15, 0.2) is 65.2 Å². The fraction of sp³-hybridized carbons (Fsp3) is 0.296. The molecule has 1 amide bonds. The Hall–Kier alpha value is -4.31. The molecule has 0 saturated carbocycles. The second-order valence-electron chi connectivity index (χ2n) is 9.05. The zero-order chi connectivity index (χ0) is 25.8. The third-order valence-electron chi connectivity index (χ3n) is 6.17. The van der Waals surface area contributed by atoms with E-state index in [-0.39, 0.29) is 5.91 Å². The fourth-order valence-electron chi connectivity index (χ4n) is 4.33. The van der Waals surface area contributed by atoms with Crippen LogP contribution in [0.25, 0.3) is 11.5 Å². The molecule has 10 nitrogen and oxygen atoms in total. The smallest absolute Gasteiger partial charge is 0.263 e. The average Bonchev–Trinajstić information content (AvgIpc) is 3.33. The number of carbonyl (C=O) groups excluding carboxylic acids is 1. The summed E-state index contributed by atoms with van der Waals surface area (Å²) in [4.78, 5) is 28.2. The molecule has 2 aromatic heterocycles. The average molecular weight is 499 g/mol. The molecular formula is C27H30N8O2. The van der Waals surface area contributed by atoms with Gasteiger partial charge in [0.1, 0.15) is 11.4 Å². The lowest BCUT2D eigenvalue weighted by Gasteiger charge is -2.21. The lowest BCUT2D eigenvalue weighted by molar-refractivity contribution is 0.0989. The standard InChI is InChI=1S/C27H30N8O2/c1-4-28-27-29-16-22-24(30-27)34(3)13-14-35(26(22)36)21-12-8-11-20(15-21)25-32-31-23(37-25)18-33(2)17-19-9-6-5-7-10-19/h5-12,15-16H,4,13-14,17-18H2,1-3H3,(H,28,29,30). The number of anilines is 3. The Balaban J connectivity index is 1.34. The van der Waals surface area contributed by atoms with Gasteiger partial charge in [-0.25, -0.2) is 4.98 Å². The molecule has 0 radical (unpaired) electrons. The van der Waals surface area contributed by atoms with Gasteiger partial charge >= 0.3 is 0 Å². The van der Waals surface area contributed by atoms with Crippen molar-refractivity contribution in [2.45, 2.75) is 20.0 Å². The second-order valence-corrected chi connectivity index (χ2v) is 9.05. The Morgan fingerprint density at radius 3 is 2.70 bits per heavy atom. The van der Waals surface area contributed by atoms with Crippen molar-refractivity contribution >= 4 is 23.4 Å². The molecule has 1 aliphatic heterocycles. The van der Waals surface area contributed by atoms with Gasteiger partial charge in [0.25, 0.3) is 5.91 Å². The Kier molecular flexibility index (Phi) is 7.09. The Labute approximate surface area is 216 Å². The maximum Gasteiger partial charge on any atom is 0.263 e.